The summed E-state index contributed by atoms with van der Waals surface area (Å²) in [6, 6.07) is 3.66. The number of nitrogens with one attached hydrogen (secondary N) is 2. The maximum Gasteiger partial charge on any atom is 0.251 e. The van der Waals surface area contributed by atoms with Crippen LogP contribution < -0.4 is 10.6 Å². The minimum Gasteiger partial charge on any atom is -0.384 e. The lowest BCUT2D eigenvalue weighted by Gasteiger charge is -2.14. The van der Waals surface area contributed by atoms with E-state index in [9.17, 15) is 4.79 Å². The molecule has 2 N–H and O–H groups in total. The zero-order valence-corrected chi connectivity index (χ0v) is 13.7. The summed E-state index contributed by atoms with van der Waals surface area (Å²) in [5, 5.41) is 6.12. The van der Waals surface area contributed by atoms with Crippen molar-refractivity contribution in [2.45, 2.75) is 33.6 Å². The molecule has 0 saturated heterocycles. The van der Waals surface area contributed by atoms with Gasteiger partial charge in [0.25, 0.3) is 5.91 Å². The van der Waals surface area contributed by atoms with E-state index in [2.05, 4.69) is 29.5 Å². The molecule has 1 aromatic heterocycles. The molecule has 0 fully saturated rings. The Bertz CT molecular complexity index is 461. The van der Waals surface area contributed by atoms with Gasteiger partial charge in [-0.25, -0.2) is 4.98 Å². The van der Waals surface area contributed by atoms with Crippen molar-refractivity contribution in [3.8, 4) is 0 Å². The van der Waals surface area contributed by atoms with Crippen LogP contribution in [0.25, 0.3) is 0 Å². The van der Waals surface area contributed by atoms with Crippen LogP contribution in [0, 0.1) is 5.92 Å². The Labute approximate surface area is 127 Å². The fourth-order valence-corrected chi connectivity index (χ4v) is 1.96. The molecule has 0 bridgehead atoms. The molecule has 1 aromatic rings. The summed E-state index contributed by atoms with van der Waals surface area (Å²) in [6.07, 6.45) is 0. The number of carbonyl (C=O) groups excluding carboxylic acids is 1. The molecule has 1 heterocycles. The Kier molecular flexibility index (Phi) is 7.15. The molecule has 0 aromatic carbocycles. The Morgan fingerprint density at radius 2 is 2.05 bits per heavy atom. The molecule has 1 unspecified atom stereocenters. The van der Waals surface area contributed by atoms with Crippen LogP contribution in [0.5, 0.6) is 0 Å². The number of carbonyl (C=O) groups is 1. The molecular weight excluding hydrogens is 266 g/mol. The number of hydrogen-bond acceptors (Lipinski definition) is 4. The SMILES string of the molecule is CCNc1cc(C(=O)NCC(C)COC)cc(C(C)C)n1. The van der Waals surface area contributed by atoms with E-state index in [1.165, 1.54) is 0 Å². The summed E-state index contributed by atoms with van der Waals surface area (Å²) in [7, 11) is 1.67. The second-order valence-corrected chi connectivity index (χ2v) is 5.62. The molecule has 21 heavy (non-hydrogen) atoms. The topological polar surface area (TPSA) is 63.2 Å². The standard InChI is InChI=1S/C16H27N3O2/c1-6-17-15-8-13(7-14(19-15)11(2)3)16(20)18-9-12(4)10-21-5/h7-8,11-12H,6,9-10H2,1-5H3,(H,17,19)(H,18,20). The molecule has 1 amide bonds. The Morgan fingerprint density at radius 1 is 1.33 bits per heavy atom. The van der Waals surface area contributed by atoms with E-state index in [1.54, 1.807) is 13.2 Å². The highest BCUT2D eigenvalue weighted by Gasteiger charge is 2.12. The van der Waals surface area contributed by atoms with Crippen LogP contribution in [0.3, 0.4) is 0 Å². The Hall–Kier alpha value is -1.62. The van der Waals surface area contributed by atoms with E-state index >= 15 is 0 Å². The van der Waals surface area contributed by atoms with Crippen molar-refractivity contribution in [1.82, 2.24) is 10.3 Å². The number of methoxy groups -OCH3 is 1. The van der Waals surface area contributed by atoms with E-state index in [0.29, 0.717) is 24.6 Å². The number of pyridine rings is 1. The average molecular weight is 293 g/mol. The maximum absolute atomic E-state index is 12.3. The highest BCUT2D eigenvalue weighted by Crippen LogP contribution is 2.17. The third-order valence-electron chi connectivity index (χ3n) is 3.12. The molecule has 5 nitrogen and oxygen atoms in total. The molecule has 1 rings (SSSR count). The predicted molar refractivity (Wildman–Crippen MR) is 85.9 cm³/mol. The largest absolute Gasteiger partial charge is 0.384 e. The quantitative estimate of drug-likeness (QED) is 0.773. The first-order valence-electron chi connectivity index (χ1n) is 7.50. The zero-order valence-electron chi connectivity index (χ0n) is 13.7. The number of ether oxygens (including phenoxy) is 1. The lowest BCUT2D eigenvalue weighted by atomic mass is 10.1. The average Bonchev–Trinajstić information content (AvgIpc) is 2.45. The van der Waals surface area contributed by atoms with E-state index in [1.807, 2.05) is 19.9 Å². The zero-order chi connectivity index (χ0) is 15.8. The minimum atomic E-state index is -0.0681. The summed E-state index contributed by atoms with van der Waals surface area (Å²) in [5.74, 6) is 1.25. The molecule has 0 radical (unpaired) electrons. The number of hydrogen-bond donors (Lipinski definition) is 2. The van der Waals surface area contributed by atoms with Gasteiger partial charge < -0.3 is 15.4 Å². The molecule has 1 atom stereocenters. The molecule has 0 aliphatic carbocycles. The summed E-state index contributed by atoms with van der Waals surface area (Å²) < 4.78 is 5.07. The molecule has 0 spiro atoms. The van der Waals surface area contributed by atoms with Gasteiger partial charge in [-0.2, -0.15) is 0 Å². The fraction of sp³-hybridized carbons (Fsp3) is 0.625. The lowest BCUT2D eigenvalue weighted by Crippen LogP contribution is -2.30. The van der Waals surface area contributed by atoms with Gasteiger partial charge in [-0.15, -0.1) is 0 Å². The lowest BCUT2D eigenvalue weighted by molar-refractivity contribution is 0.0934. The molecule has 0 aliphatic heterocycles. The summed E-state index contributed by atoms with van der Waals surface area (Å²) in [4.78, 5) is 16.8. The number of amides is 1. The first-order chi connectivity index (χ1) is 9.97. The third kappa shape index (κ3) is 5.71. The number of nitrogens with zero attached hydrogens (tertiary/aromatic N) is 1. The van der Waals surface area contributed by atoms with Crippen molar-refractivity contribution in [3.63, 3.8) is 0 Å². The Balaban J connectivity index is 2.82. The van der Waals surface area contributed by atoms with E-state index in [4.69, 9.17) is 4.74 Å². The van der Waals surface area contributed by atoms with Crippen molar-refractivity contribution in [2.24, 2.45) is 5.92 Å². The van der Waals surface area contributed by atoms with Gasteiger partial charge in [0.2, 0.25) is 0 Å². The van der Waals surface area contributed by atoms with E-state index in [-0.39, 0.29) is 11.8 Å². The van der Waals surface area contributed by atoms with Crippen molar-refractivity contribution < 1.29 is 9.53 Å². The van der Waals surface area contributed by atoms with Gasteiger partial charge in [0.05, 0.1) is 6.61 Å². The summed E-state index contributed by atoms with van der Waals surface area (Å²) >= 11 is 0. The van der Waals surface area contributed by atoms with Gasteiger partial charge in [0.1, 0.15) is 5.82 Å². The van der Waals surface area contributed by atoms with Gasteiger partial charge >= 0.3 is 0 Å². The smallest absolute Gasteiger partial charge is 0.251 e. The number of anilines is 1. The van der Waals surface area contributed by atoms with Gasteiger partial charge in [0.15, 0.2) is 0 Å². The number of rotatable bonds is 8. The first kappa shape index (κ1) is 17.4. The van der Waals surface area contributed by atoms with Gasteiger partial charge in [0, 0.05) is 31.5 Å². The first-order valence-corrected chi connectivity index (χ1v) is 7.50. The van der Waals surface area contributed by atoms with Gasteiger partial charge in [-0.05, 0) is 30.9 Å². The van der Waals surface area contributed by atoms with Crippen LogP contribution >= 0.6 is 0 Å². The monoisotopic (exact) mass is 293 g/mol. The molecule has 5 heteroatoms. The highest BCUT2D eigenvalue weighted by atomic mass is 16.5. The van der Waals surface area contributed by atoms with Crippen LogP contribution in [-0.2, 0) is 4.74 Å². The van der Waals surface area contributed by atoms with Crippen molar-refractivity contribution >= 4 is 11.7 Å². The predicted octanol–water partition coefficient (Wildman–Crippen LogP) is 2.65. The Morgan fingerprint density at radius 3 is 2.62 bits per heavy atom. The van der Waals surface area contributed by atoms with Crippen molar-refractivity contribution in [3.05, 3.63) is 23.4 Å². The third-order valence-corrected chi connectivity index (χ3v) is 3.12. The van der Waals surface area contributed by atoms with Crippen LogP contribution in [0.1, 0.15) is 49.7 Å². The number of aromatic nitrogens is 1. The van der Waals surface area contributed by atoms with Crippen molar-refractivity contribution in [1.29, 1.82) is 0 Å². The van der Waals surface area contributed by atoms with Gasteiger partial charge in [-0.3, -0.25) is 4.79 Å². The second kappa shape index (κ2) is 8.62. The molecule has 118 valence electrons. The fourth-order valence-electron chi connectivity index (χ4n) is 1.96. The summed E-state index contributed by atoms with van der Waals surface area (Å²) in [6.45, 7) is 10.2. The molecule has 0 saturated carbocycles. The summed E-state index contributed by atoms with van der Waals surface area (Å²) in [5.41, 5.74) is 1.57. The van der Waals surface area contributed by atoms with Crippen molar-refractivity contribution in [2.75, 3.05) is 32.1 Å². The van der Waals surface area contributed by atoms with Crippen LogP contribution in [-0.4, -0.2) is 37.7 Å². The normalized spacial score (nSPS) is 12.3. The van der Waals surface area contributed by atoms with E-state index in [0.717, 1.165) is 18.1 Å². The minimum absolute atomic E-state index is 0.0681. The van der Waals surface area contributed by atoms with Gasteiger partial charge in [-0.1, -0.05) is 20.8 Å². The second-order valence-electron chi connectivity index (χ2n) is 5.62. The molecule has 0 aliphatic rings. The highest BCUT2D eigenvalue weighted by molar-refractivity contribution is 5.95. The van der Waals surface area contributed by atoms with Crippen LogP contribution in [0.2, 0.25) is 0 Å². The van der Waals surface area contributed by atoms with E-state index < -0.39 is 0 Å². The maximum atomic E-state index is 12.3. The molecular formula is C16H27N3O2. The van der Waals surface area contributed by atoms with Crippen LogP contribution in [0.15, 0.2) is 12.1 Å². The van der Waals surface area contributed by atoms with Crippen LogP contribution in [0.4, 0.5) is 5.82 Å².